The van der Waals surface area contributed by atoms with Crippen LogP contribution in [0, 0.1) is 34.5 Å². The highest BCUT2D eigenvalue weighted by molar-refractivity contribution is 5.91. The highest BCUT2D eigenvalue weighted by Crippen LogP contribution is 2.68. The van der Waals surface area contributed by atoms with Gasteiger partial charge in [0.1, 0.15) is 11.4 Å². The van der Waals surface area contributed by atoms with E-state index in [-0.39, 0.29) is 23.2 Å². The molecular weight excluding hydrogens is 372 g/mol. The van der Waals surface area contributed by atoms with Gasteiger partial charge in [-0.3, -0.25) is 14.4 Å². The van der Waals surface area contributed by atoms with Crippen LogP contribution >= 0.6 is 0 Å². The Morgan fingerprint density at radius 1 is 1.17 bits per heavy atom. The van der Waals surface area contributed by atoms with E-state index in [9.17, 15) is 24.6 Å². The van der Waals surface area contributed by atoms with Gasteiger partial charge >= 0.3 is 5.97 Å². The number of carbonyl (C=O) groups excluding carboxylic acids is 3. The molecule has 0 amide bonds. The Labute approximate surface area is 172 Å². The van der Waals surface area contributed by atoms with E-state index in [1.165, 1.54) is 6.92 Å². The number of ketones is 2. The van der Waals surface area contributed by atoms with Crippen molar-refractivity contribution >= 4 is 17.5 Å². The minimum absolute atomic E-state index is 0.0555. The molecule has 0 aromatic rings. The van der Waals surface area contributed by atoms with Crippen molar-refractivity contribution in [2.75, 3.05) is 6.61 Å². The predicted octanol–water partition coefficient (Wildman–Crippen LogP) is 2.43. The third-order valence-corrected chi connectivity index (χ3v) is 9.43. The third kappa shape index (κ3) is 2.93. The van der Waals surface area contributed by atoms with Crippen LogP contribution in [0.5, 0.6) is 0 Å². The van der Waals surface area contributed by atoms with Crippen LogP contribution in [0.1, 0.15) is 72.1 Å². The summed E-state index contributed by atoms with van der Waals surface area (Å²) in [6, 6.07) is 0. The van der Waals surface area contributed by atoms with E-state index in [2.05, 4.69) is 6.92 Å². The lowest BCUT2D eigenvalue weighted by Gasteiger charge is -2.62. The Morgan fingerprint density at radius 3 is 2.59 bits per heavy atom. The number of aliphatic hydroxyl groups is 2. The third-order valence-electron chi connectivity index (χ3n) is 9.43. The molecule has 2 N–H and O–H groups in total. The van der Waals surface area contributed by atoms with Gasteiger partial charge in [-0.25, -0.2) is 0 Å². The van der Waals surface area contributed by atoms with Gasteiger partial charge in [-0.15, -0.1) is 0 Å². The SMILES string of the molecule is CC(=O)OCC(=O)[C@]1(O)CC[C@@H]2[C@H]3CC[C@H]4CC(=O)CC[C@]4(C)[C@@H]3[C@@H](O)C[C@]21C. The standard InChI is InChI=1S/C23H34O6/c1-13(24)29-12-19(27)23(28)9-7-17-16-5-4-14-10-15(25)6-8-21(14,2)20(16)18(26)11-22(17,23)3/h14,16-18,20,26,28H,4-12H2,1-3H3/t14-,16+,17+,18-,20-,21-,22+,23+/m0/s1. The van der Waals surface area contributed by atoms with Gasteiger partial charge in [0.2, 0.25) is 5.78 Å². The van der Waals surface area contributed by atoms with Gasteiger partial charge in [0, 0.05) is 25.2 Å². The topological polar surface area (TPSA) is 101 Å². The van der Waals surface area contributed by atoms with Crippen molar-refractivity contribution in [1.82, 2.24) is 0 Å². The maximum absolute atomic E-state index is 12.9. The second-order valence-corrected chi connectivity index (χ2v) is 10.6. The minimum atomic E-state index is -1.57. The molecule has 4 aliphatic carbocycles. The lowest BCUT2D eigenvalue weighted by Crippen LogP contribution is -2.63. The first kappa shape index (κ1) is 21.0. The maximum Gasteiger partial charge on any atom is 0.303 e. The molecule has 8 atom stereocenters. The highest BCUT2D eigenvalue weighted by Gasteiger charge is 2.68. The quantitative estimate of drug-likeness (QED) is 0.698. The molecule has 4 saturated carbocycles. The van der Waals surface area contributed by atoms with E-state index in [1.54, 1.807) is 0 Å². The molecule has 4 aliphatic rings. The first-order valence-electron chi connectivity index (χ1n) is 11.1. The van der Waals surface area contributed by atoms with E-state index in [4.69, 9.17) is 4.74 Å². The average molecular weight is 407 g/mol. The molecule has 0 heterocycles. The van der Waals surface area contributed by atoms with Crippen LogP contribution in [-0.2, 0) is 19.1 Å². The Balaban J connectivity index is 1.63. The molecule has 6 nitrogen and oxygen atoms in total. The van der Waals surface area contributed by atoms with Gasteiger partial charge in [0.05, 0.1) is 6.10 Å². The smallest absolute Gasteiger partial charge is 0.303 e. The van der Waals surface area contributed by atoms with Crippen molar-refractivity contribution in [2.45, 2.75) is 83.8 Å². The van der Waals surface area contributed by atoms with Crippen LogP contribution in [0.25, 0.3) is 0 Å². The van der Waals surface area contributed by atoms with Gasteiger partial charge in [0.15, 0.2) is 6.61 Å². The Hall–Kier alpha value is -1.27. The number of Topliss-reactive ketones (excluding diaryl/α,β-unsaturated/α-hetero) is 2. The van der Waals surface area contributed by atoms with Crippen LogP contribution in [0.3, 0.4) is 0 Å². The average Bonchev–Trinajstić information content (AvgIpc) is 2.91. The second-order valence-electron chi connectivity index (χ2n) is 10.6. The molecule has 0 aromatic carbocycles. The number of hydrogen-bond donors (Lipinski definition) is 2. The Kier molecular flexibility index (Phi) is 4.97. The minimum Gasteiger partial charge on any atom is -0.458 e. The van der Waals surface area contributed by atoms with E-state index >= 15 is 0 Å². The monoisotopic (exact) mass is 406 g/mol. The lowest BCUT2D eigenvalue weighted by molar-refractivity contribution is -0.199. The number of carbonyl (C=O) groups is 3. The predicted molar refractivity (Wildman–Crippen MR) is 105 cm³/mol. The molecule has 0 saturated heterocycles. The number of aliphatic hydroxyl groups excluding tert-OH is 1. The van der Waals surface area contributed by atoms with Crippen LogP contribution in [0.2, 0.25) is 0 Å². The molecule has 162 valence electrons. The fourth-order valence-electron chi connectivity index (χ4n) is 7.92. The Morgan fingerprint density at radius 2 is 1.90 bits per heavy atom. The Bertz CT molecular complexity index is 733. The molecular formula is C23H34O6. The molecule has 0 aliphatic heterocycles. The lowest BCUT2D eigenvalue weighted by atomic mass is 9.43. The fourth-order valence-corrected chi connectivity index (χ4v) is 7.92. The zero-order chi connectivity index (χ0) is 21.2. The summed E-state index contributed by atoms with van der Waals surface area (Å²) in [6.45, 7) is 5.02. The molecule has 0 spiro atoms. The summed E-state index contributed by atoms with van der Waals surface area (Å²) < 4.78 is 4.89. The van der Waals surface area contributed by atoms with Crippen molar-refractivity contribution in [3.05, 3.63) is 0 Å². The van der Waals surface area contributed by atoms with Gasteiger partial charge in [-0.1, -0.05) is 13.8 Å². The fraction of sp³-hybridized carbons (Fsp3) is 0.870. The van der Waals surface area contributed by atoms with Crippen molar-refractivity contribution in [3.8, 4) is 0 Å². The largest absolute Gasteiger partial charge is 0.458 e. The first-order valence-corrected chi connectivity index (χ1v) is 11.1. The van der Waals surface area contributed by atoms with E-state index in [1.807, 2.05) is 6.92 Å². The molecule has 4 fully saturated rings. The van der Waals surface area contributed by atoms with Crippen LogP contribution in [-0.4, -0.2) is 46.1 Å². The van der Waals surface area contributed by atoms with E-state index < -0.39 is 35.5 Å². The summed E-state index contributed by atoms with van der Waals surface area (Å²) in [6.07, 6.45) is 4.81. The molecule has 0 aromatic heterocycles. The molecule has 4 rings (SSSR count). The van der Waals surface area contributed by atoms with Crippen molar-refractivity contribution in [3.63, 3.8) is 0 Å². The van der Waals surface area contributed by atoms with Crippen LogP contribution in [0.15, 0.2) is 0 Å². The van der Waals surface area contributed by atoms with Crippen molar-refractivity contribution in [2.24, 2.45) is 34.5 Å². The number of hydrogen-bond acceptors (Lipinski definition) is 6. The second kappa shape index (κ2) is 6.88. The van der Waals surface area contributed by atoms with Crippen molar-refractivity contribution in [1.29, 1.82) is 0 Å². The molecule has 0 unspecified atom stereocenters. The van der Waals surface area contributed by atoms with E-state index in [0.29, 0.717) is 37.4 Å². The maximum atomic E-state index is 12.9. The summed E-state index contributed by atoms with van der Waals surface area (Å²) >= 11 is 0. The summed E-state index contributed by atoms with van der Waals surface area (Å²) in [7, 11) is 0. The van der Waals surface area contributed by atoms with Gasteiger partial charge < -0.3 is 14.9 Å². The van der Waals surface area contributed by atoms with Crippen LogP contribution < -0.4 is 0 Å². The highest BCUT2D eigenvalue weighted by atomic mass is 16.5. The van der Waals surface area contributed by atoms with Gasteiger partial charge in [-0.2, -0.15) is 0 Å². The number of rotatable bonds is 3. The number of fused-ring (bicyclic) bond motifs is 5. The zero-order valence-corrected chi connectivity index (χ0v) is 17.8. The number of ether oxygens (including phenoxy) is 1. The molecule has 0 radical (unpaired) electrons. The zero-order valence-electron chi connectivity index (χ0n) is 17.8. The number of esters is 1. The molecule has 0 bridgehead atoms. The van der Waals surface area contributed by atoms with E-state index in [0.717, 1.165) is 25.7 Å². The van der Waals surface area contributed by atoms with Crippen molar-refractivity contribution < 1.29 is 29.3 Å². The summed E-state index contributed by atoms with van der Waals surface area (Å²) in [5.41, 5.74) is -2.35. The summed E-state index contributed by atoms with van der Waals surface area (Å²) in [5, 5.41) is 22.8. The molecule has 6 heteroatoms. The van der Waals surface area contributed by atoms with Crippen LogP contribution in [0.4, 0.5) is 0 Å². The summed E-state index contributed by atoms with van der Waals surface area (Å²) in [4.78, 5) is 36.1. The first-order chi connectivity index (χ1) is 13.5. The summed E-state index contributed by atoms with van der Waals surface area (Å²) in [5.74, 6) is 0.182. The molecule has 29 heavy (non-hydrogen) atoms. The van der Waals surface area contributed by atoms with Gasteiger partial charge in [0.25, 0.3) is 0 Å². The normalized spacial score (nSPS) is 49.0. The van der Waals surface area contributed by atoms with Gasteiger partial charge in [-0.05, 0) is 67.6 Å².